The van der Waals surface area contributed by atoms with Crippen LogP contribution in [0, 0.1) is 0 Å². The summed E-state index contributed by atoms with van der Waals surface area (Å²) in [5.41, 5.74) is 15.0. The first kappa shape index (κ1) is 34.6. The molecule has 0 aliphatic carbocycles. The van der Waals surface area contributed by atoms with Gasteiger partial charge < -0.3 is 9.13 Å². The van der Waals surface area contributed by atoms with Crippen molar-refractivity contribution in [1.82, 2.24) is 14.1 Å². The highest BCUT2D eigenvalue weighted by Crippen LogP contribution is 2.40. The van der Waals surface area contributed by atoms with Gasteiger partial charge in [-0.05, 0) is 87.6 Å². The minimum atomic E-state index is 1.01. The van der Waals surface area contributed by atoms with Crippen molar-refractivity contribution in [3.05, 3.63) is 224 Å². The van der Waals surface area contributed by atoms with Crippen molar-refractivity contribution >= 4 is 76.1 Å². The van der Waals surface area contributed by atoms with Crippen LogP contribution in [0.3, 0.4) is 0 Å². The molecule has 3 heteroatoms. The van der Waals surface area contributed by atoms with Gasteiger partial charge in [0, 0.05) is 54.6 Å². The number of nitrogens with zero attached hydrogens (tertiary/aromatic N) is 3. The summed E-state index contributed by atoms with van der Waals surface area (Å²) < 4.78 is 4.81. The Bertz CT molecular complexity index is 3840. The Kier molecular flexibility index (Phi) is 7.60. The number of hydrogen-bond donors (Lipinski definition) is 0. The molecule has 0 atom stereocenters. The minimum absolute atomic E-state index is 1.01. The van der Waals surface area contributed by atoms with Crippen LogP contribution in [-0.4, -0.2) is 14.1 Å². The van der Waals surface area contributed by atoms with Gasteiger partial charge in [-0.3, -0.25) is 0 Å². The largest absolute Gasteiger partial charge is 0.309 e. The fourth-order valence-electron chi connectivity index (χ4n) is 10.0. The Labute approximate surface area is 358 Å². The molecule has 0 unspecified atom stereocenters. The number of hydrogen-bond acceptors (Lipinski definition) is 1. The predicted molar refractivity (Wildman–Crippen MR) is 262 cm³/mol. The van der Waals surface area contributed by atoms with Crippen molar-refractivity contribution < 1.29 is 0 Å². The van der Waals surface area contributed by atoms with Crippen LogP contribution in [0.2, 0.25) is 0 Å². The van der Waals surface area contributed by atoms with Crippen molar-refractivity contribution in [3.8, 4) is 44.9 Å². The van der Waals surface area contributed by atoms with E-state index in [4.69, 9.17) is 4.98 Å². The maximum absolute atomic E-state index is 5.22. The number of pyridine rings is 1. The van der Waals surface area contributed by atoms with Crippen LogP contribution in [0.25, 0.3) is 121 Å². The number of benzene rings is 10. The molecule has 3 nitrogen and oxygen atoms in total. The molecule has 0 saturated carbocycles. The summed E-state index contributed by atoms with van der Waals surface area (Å²) in [6.07, 6.45) is 0. The molecule has 3 heterocycles. The van der Waals surface area contributed by atoms with E-state index >= 15 is 0 Å². The summed E-state index contributed by atoms with van der Waals surface area (Å²) in [5.74, 6) is 0. The third-order valence-electron chi connectivity index (χ3n) is 12.9. The molecule has 0 fully saturated rings. The number of rotatable bonds is 5. The van der Waals surface area contributed by atoms with Gasteiger partial charge in [-0.1, -0.05) is 170 Å². The van der Waals surface area contributed by atoms with E-state index in [0.29, 0.717) is 0 Å². The van der Waals surface area contributed by atoms with Crippen molar-refractivity contribution in [2.75, 3.05) is 0 Å². The lowest BCUT2D eigenvalue weighted by atomic mass is 9.94. The van der Waals surface area contributed by atoms with Gasteiger partial charge in [-0.2, -0.15) is 0 Å². The van der Waals surface area contributed by atoms with Gasteiger partial charge in [0.15, 0.2) is 0 Å². The molecule has 3 aromatic heterocycles. The summed E-state index contributed by atoms with van der Waals surface area (Å²) in [4.78, 5) is 5.22. The summed E-state index contributed by atoms with van der Waals surface area (Å²) in [6, 6.07) is 81.5. The first-order chi connectivity index (χ1) is 30.7. The van der Waals surface area contributed by atoms with Gasteiger partial charge in [0.25, 0.3) is 0 Å². The molecular formula is C59H37N3. The van der Waals surface area contributed by atoms with Crippen molar-refractivity contribution in [2.24, 2.45) is 0 Å². The molecule has 0 aliphatic heterocycles. The Balaban J connectivity index is 0.852. The third kappa shape index (κ3) is 5.28. The highest BCUT2D eigenvalue weighted by molar-refractivity contribution is 6.22. The van der Waals surface area contributed by atoms with Crippen LogP contribution in [0.5, 0.6) is 0 Å². The Morgan fingerprint density at radius 2 is 0.742 bits per heavy atom. The normalized spacial score (nSPS) is 11.9. The molecule has 0 amide bonds. The average molecular weight is 788 g/mol. The zero-order valence-corrected chi connectivity index (χ0v) is 33.7. The van der Waals surface area contributed by atoms with Gasteiger partial charge in [-0.15, -0.1) is 0 Å². The minimum Gasteiger partial charge on any atom is -0.309 e. The van der Waals surface area contributed by atoms with Crippen molar-refractivity contribution in [1.29, 1.82) is 0 Å². The fraction of sp³-hybridized carbons (Fsp3) is 0. The second kappa shape index (κ2) is 13.6. The van der Waals surface area contributed by atoms with E-state index < -0.39 is 0 Å². The molecular weight excluding hydrogens is 751 g/mol. The maximum atomic E-state index is 5.22. The lowest BCUT2D eigenvalue weighted by Gasteiger charge is -2.13. The predicted octanol–water partition coefficient (Wildman–Crippen LogP) is 15.7. The summed E-state index contributed by atoms with van der Waals surface area (Å²) in [5, 5.41) is 11.1. The monoisotopic (exact) mass is 787 g/mol. The number of fused-ring (bicyclic) bond motifs is 11. The molecule has 0 aliphatic rings. The summed E-state index contributed by atoms with van der Waals surface area (Å²) in [7, 11) is 0. The van der Waals surface area contributed by atoms with Crippen LogP contribution in [0.4, 0.5) is 0 Å². The van der Waals surface area contributed by atoms with Gasteiger partial charge in [0.05, 0.1) is 33.3 Å². The standard InChI is InChI=1S/C59H37N3/c1-2-15-46-41(12-1)32-34-51-58(46)50-19-3-7-20-53(50)60-59(51)42-30-28-39(29-31-42)38-24-26-40(27-25-38)43-33-35-57-52(36-43)49-18-6-10-23-56(49)62(57)45-14-11-13-44(37-45)61-54-21-8-4-16-47(54)48-17-5-9-22-55(48)61/h1-37H. The quantitative estimate of drug-likeness (QED) is 0.159. The fourth-order valence-corrected chi connectivity index (χ4v) is 10.0. The molecule has 13 rings (SSSR count). The third-order valence-corrected chi connectivity index (χ3v) is 12.9. The molecule has 0 radical (unpaired) electrons. The van der Waals surface area contributed by atoms with Gasteiger partial charge in [0.1, 0.15) is 0 Å². The number of para-hydroxylation sites is 4. The van der Waals surface area contributed by atoms with Crippen LogP contribution < -0.4 is 0 Å². The van der Waals surface area contributed by atoms with E-state index in [1.165, 1.54) is 92.8 Å². The molecule has 13 aromatic rings. The van der Waals surface area contributed by atoms with Crippen LogP contribution in [0.15, 0.2) is 224 Å². The van der Waals surface area contributed by atoms with Crippen molar-refractivity contribution in [3.63, 3.8) is 0 Å². The topological polar surface area (TPSA) is 22.8 Å². The Morgan fingerprint density at radius 1 is 0.274 bits per heavy atom. The Hall–Kier alpha value is -8.27. The van der Waals surface area contributed by atoms with Crippen LogP contribution in [0.1, 0.15) is 0 Å². The zero-order chi connectivity index (χ0) is 40.7. The molecule has 10 aromatic carbocycles. The number of aromatic nitrogens is 3. The van der Waals surface area contributed by atoms with E-state index in [0.717, 1.165) is 28.1 Å². The Morgan fingerprint density at radius 3 is 1.37 bits per heavy atom. The lowest BCUT2D eigenvalue weighted by Crippen LogP contribution is -1.98. The molecule has 62 heavy (non-hydrogen) atoms. The van der Waals surface area contributed by atoms with Crippen LogP contribution >= 0.6 is 0 Å². The van der Waals surface area contributed by atoms with Gasteiger partial charge in [0.2, 0.25) is 0 Å². The maximum Gasteiger partial charge on any atom is 0.0788 e. The van der Waals surface area contributed by atoms with E-state index in [2.05, 4.69) is 234 Å². The first-order valence-corrected chi connectivity index (χ1v) is 21.3. The van der Waals surface area contributed by atoms with Gasteiger partial charge in [-0.25, -0.2) is 4.98 Å². The molecule has 0 spiro atoms. The van der Waals surface area contributed by atoms with E-state index in [1.807, 2.05) is 0 Å². The van der Waals surface area contributed by atoms with Crippen molar-refractivity contribution in [2.45, 2.75) is 0 Å². The SMILES string of the molecule is c1cc(-n2c3ccccc3c3ccccc32)cc(-n2c3ccccc3c3cc(-c4ccc(-c5ccc(-c6nc7ccccc7c7c6ccc6ccccc67)cc5)cc4)ccc32)c1. The molecule has 0 N–H and O–H groups in total. The zero-order valence-electron chi connectivity index (χ0n) is 33.7. The second-order valence-electron chi connectivity index (χ2n) is 16.3. The molecule has 0 bridgehead atoms. The highest BCUT2D eigenvalue weighted by atomic mass is 15.0. The second-order valence-corrected chi connectivity index (χ2v) is 16.3. The smallest absolute Gasteiger partial charge is 0.0788 e. The van der Waals surface area contributed by atoms with E-state index in [-0.39, 0.29) is 0 Å². The van der Waals surface area contributed by atoms with Gasteiger partial charge >= 0.3 is 0 Å². The first-order valence-electron chi connectivity index (χ1n) is 21.3. The molecule has 288 valence electrons. The van der Waals surface area contributed by atoms with Crippen LogP contribution in [-0.2, 0) is 0 Å². The molecule has 0 saturated heterocycles. The highest BCUT2D eigenvalue weighted by Gasteiger charge is 2.17. The summed E-state index contributed by atoms with van der Waals surface area (Å²) in [6.45, 7) is 0. The average Bonchev–Trinajstić information content (AvgIpc) is 3.86. The van der Waals surface area contributed by atoms with E-state index in [1.54, 1.807) is 0 Å². The van der Waals surface area contributed by atoms with E-state index in [9.17, 15) is 0 Å². The lowest BCUT2D eigenvalue weighted by molar-refractivity contribution is 1.13. The summed E-state index contributed by atoms with van der Waals surface area (Å²) >= 11 is 0.